The SMILES string of the molecule is N#Cc1ccc(O[C@H]2c3ccccc3CC[C@@H]2N2CCC[C@H](N)C2)c([N+](=O)[O-])c1. The summed E-state index contributed by atoms with van der Waals surface area (Å²) in [5, 5.41) is 20.7. The molecule has 2 aliphatic rings. The number of piperidine rings is 1. The van der Waals surface area contributed by atoms with Crippen molar-refractivity contribution >= 4 is 5.69 Å². The first kappa shape index (κ1) is 19.4. The molecule has 1 saturated heterocycles. The zero-order valence-corrected chi connectivity index (χ0v) is 16.2. The molecule has 7 heteroatoms. The van der Waals surface area contributed by atoms with Gasteiger partial charge in [-0.05, 0) is 55.5 Å². The minimum atomic E-state index is -0.489. The maximum Gasteiger partial charge on any atom is 0.312 e. The van der Waals surface area contributed by atoms with Crippen LogP contribution in [0.25, 0.3) is 0 Å². The van der Waals surface area contributed by atoms with Crippen LogP contribution < -0.4 is 10.5 Å². The standard InChI is InChI=1S/C22H24N4O3/c23-13-15-7-10-21(20(12-15)26(27)28)29-22-18-6-2-1-4-16(18)8-9-19(22)25-11-3-5-17(24)14-25/h1-2,4,6-7,10,12,17,19,22H,3,5,8-9,11,14,24H2/t17-,19-,22-/m0/s1. The molecule has 7 nitrogen and oxygen atoms in total. The van der Waals surface area contributed by atoms with Crippen LogP contribution in [-0.2, 0) is 6.42 Å². The molecule has 1 heterocycles. The van der Waals surface area contributed by atoms with Crippen LogP contribution >= 0.6 is 0 Å². The van der Waals surface area contributed by atoms with E-state index in [0.717, 1.165) is 44.3 Å². The van der Waals surface area contributed by atoms with E-state index in [2.05, 4.69) is 11.0 Å². The maximum atomic E-state index is 11.6. The minimum Gasteiger partial charge on any atom is -0.477 e. The second kappa shape index (κ2) is 8.19. The summed E-state index contributed by atoms with van der Waals surface area (Å²) in [6.07, 6.45) is 3.60. The van der Waals surface area contributed by atoms with Crippen LogP contribution in [-0.4, -0.2) is 35.0 Å². The van der Waals surface area contributed by atoms with Gasteiger partial charge in [-0.3, -0.25) is 15.0 Å². The smallest absolute Gasteiger partial charge is 0.312 e. The molecule has 1 aliphatic heterocycles. The molecule has 0 amide bonds. The Morgan fingerprint density at radius 3 is 2.83 bits per heavy atom. The number of hydrogen-bond acceptors (Lipinski definition) is 6. The summed E-state index contributed by atoms with van der Waals surface area (Å²) >= 11 is 0. The third kappa shape index (κ3) is 3.95. The highest BCUT2D eigenvalue weighted by molar-refractivity contribution is 5.52. The number of nitro groups is 1. The second-order valence-corrected chi connectivity index (χ2v) is 7.79. The predicted octanol–water partition coefficient (Wildman–Crippen LogP) is 3.32. The highest BCUT2D eigenvalue weighted by Gasteiger charge is 2.37. The van der Waals surface area contributed by atoms with Crippen molar-refractivity contribution in [2.45, 2.75) is 43.9 Å². The van der Waals surface area contributed by atoms with E-state index in [4.69, 9.17) is 15.7 Å². The molecule has 29 heavy (non-hydrogen) atoms. The van der Waals surface area contributed by atoms with Gasteiger partial charge in [0.05, 0.1) is 22.6 Å². The van der Waals surface area contributed by atoms with Gasteiger partial charge in [-0.15, -0.1) is 0 Å². The lowest BCUT2D eigenvalue weighted by Crippen LogP contribution is -2.51. The van der Waals surface area contributed by atoms with Crippen molar-refractivity contribution in [3.8, 4) is 11.8 Å². The van der Waals surface area contributed by atoms with Crippen molar-refractivity contribution in [3.63, 3.8) is 0 Å². The molecule has 2 aromatic carbocycles. The molecule has 3 atom stereocenters. The number of benzene rings is 2. The van der Waals surface area contributed by atoms with Gasteiger partial charge in [0.15, 0.2) is 5.75 Å². The fourth-order valence-electron chi connectivity index (χ4n) is 4.53. The van der Waals surface area contributed by atoms with Crippen LogP contribution in [0, 0.1) is 21.4 Å². The van der Waals surface area contributed by atoms with Crippen molar-refractivity contribution in [3.05, 3.63) is 69.3 Å². The van der Waals surface area contributed by atoms with Gasteiger partial charge in [0, 0.05) is 18.7 Å². The van der Waals surface area contributed by atoms with Crippen LogP contribution in [0.5, 0.6) is 5.75 Å². The Bertz CT molecular complexity index is 955. The number of nitriles is 1. The monoisotopic (exact) mass is 392 g/mol. The van der Waals surface area contributed by atoms with E-state index >= 15 is 0 Å². The van der Waals surface area contributed by atoms with E-state index in [1.165, 1.54) is 17.7 Å². The number of hydrogen-bond donors (Lipinski definition) is 1. The van der Waals surface area contributed by atoms with Crippen molar-refractivity contribution in [1.82, 2.24) is 4.90 Å². The first-order chi connectivity index (χ1) is 14.1. The zero-order chi connectivity index (χ0) is 20.4. The summed E-state index contributed by atoms with van der Waals surface area (Å²) in [5.74, 6) is 0.196. The number of nitrogens with zero attached hydrogens (tertiary/aromatic N) is 3. The quantitative estimate of drug-likeness (QED) is 0.632. The van der Waals surface area contributed by atoms with Gasteiger partial charge in [0.1, 0.15) is 6.10 Å². The number of nitro benzene ring substituents is 1. The molecule has 0 radical (unpaired) electrons. The van der Waals surface area contributed by atoms with Crippen LogP contribution in [0.2, 0.25) is 0 Å². The van der Waals surface area contributed by atoms with E-state index in [9.17, 15) is 10.1 Å². The topological polar surface area (TPSA) is 105 Å². The molecule has 2 N–H and O–H groups in total. The first-order valence-corrected chi connectivity index (χ1v) is 9.99. The number of rotatable bonds is 4. The average Bonchev–Trinajstić information content (AvgIpc) is 2.74. The molecular formula is C22H24N4O3. The number of ether oxygens (including phenoxy) is 1. The van der Waals surface area contributed by atoms with Gasteiger partial charge in [-0.25, -0.2) is 0 Å². The molecule has 1 fully saturated rings. The Labute approximate surface area is 169 Å². The Kier molecular flexibility index (Phi) is 5.47. The summed E-state index contributed by atoms with van der Waals surface area (Å²) in [4.78, 5) is 13.5. The minimum absolute atomic E-state index is 0.103. The predicted molar refractivity (Wildman–Crippen MR) is 109 cm³/mol. The molecule has 150 valence electrons. The molecule has 4 rings (SSSR count). The number of aryl methyl sites for hydroxylation is 1. The highest BCUT2D eigenvalue weighted by Crippen LogP contribution is 2.40. The van der Waals surface area contributed by atoms with Gasteiger partial charge in [0.2, 0.25) is 0 Å². The van der Waals surface area contributed by atoms with Crippen LogP contribution in [0.4, 0.5) is 5.69 Å². The first-order valence-electron chi connectivity index (χ1n) is 9.99. The van der Waals surface area contributed by atoms with Crippen LogP contribution in [0.3, 0.4) is 0 Å². The molecule has 0 bridgehead atoms. The number of nitrogens with two attached hydrogens (primary N) is 1. The number of likely N-dealkylation sites (tertiary alicyclic amines) is 1. The van der Waals surface area contributed by atoms with E-state index in [1.54, 1.807) is 6.07 Å². The van der Waals surface area contributed by atoms with Gasteiger partial charge in [-0.2, -0.15) is 5.26 Å². The summed E-state index contributed by atoms with van der Waals surface area (Å²) in [7, 11) is 0. The number of fused-ring (bicyclic) bond motifs is 1. The normalized spacial score (nSPS) is 24.3. The van der Waals surface area contributed by atoms with Crippen molar-refractivity contribution in [1.29, 1.82) is 5.26 Å². The average molecular weight is 392 g/mol. The van der Waals surface area contributed by atoms with Gasteiger partial charge >= 0.3 is 5.69 Å². The van der Waals surface area contributed by atoms with E-state index in [1.807, 2.05) is 24.3 Å². The fourth-order valence-corrected chi connectivity index (χ4v) is 4.53. The second-order valence-electron chi connectivity index (χ2n) is 7.79. The largest absolute Gasteiger partial charge is 0.477 e. The van der Waals surface area contributed by atoms with E-state index < -0.39 is 4.92 Å². The Morgan fingerprint density at radius 1 is 1.24 bits per heavy atom. The van der Waals surface area contributed by atoms with E-state index in [0.29, 0.717) is 0 Å². The molecule has 0 unspecified atom stereocenters. The van der Waals surface area contributed by atoms with Gasteiger partial charge in [0.25, 0.3) is 0 Å². The summed E-state index contributed by atoms with van der Waals surface area (Å²) in [6, 6.07) is 14.7. The molecule has 0 aromatic heterocycles. The lowest BCUT2D eigenvalue weighted by atomic mass is 9.84. The Morgan fingerprint density at radius 2 is 2.07 bits per heavy atom. The third-order valence-corrected chi connectivity index (χ3v) is 5.92. The zero-order valence-electron chi connectivity index (χ0n) is 16.2. The molecule has 2 aromatic rings. The van der Waals surface area contributed by atoms with Crippen molar-refractivity contribution in [2.75, 3.05) is 13.1 Å². The van der Waals surface area contributed by atoms with Gasteiger partial charge < -0.3 is 10.5 Å². The lowest BCUT2D eigenvalue weighted by molar-refractivity contribution is -0.386. The van der Waals surface area contributed by atoms with Crippen molar-refractivity contribution in [2.24, 2.45) is 5.73 Å². The molecule has 0 spiro atoms. The summed E-state index contributed by atoms with van der Waals surface area (Å²) in [5.41, 5.74) is 8.57. The summed E-state index contributed by atoms with van der Waals surface area (Å²) < 4.78 is 6.34. The summed E-state index contributed by atoms with van der Waals surface area (Å²) in [6.45, 7) is 1.76. The lowest BCUT2D eigenvalue weighted by Gasteiger charge is -2.43. The third-order valence-electron chi connectivity index (χ3n) is 5.92. The fraction of sp³-hybridized carbons (Fsp3) is 0.409. The highest BCUT2D eigenvalue weighted by atomic mass is 16.6. The van der Waals surface area contributed by atoms with Crippen LogP contribution in [0.1, 0.15) is 42.1 Å². The van der Waals surface area contributed by atoms with E-state index in [-0.39, 0.29) is 35.2 Å². The Hall–Kier alpha value is -2.95. The molecule has 0 saturated carbocycles. The Balaban J connectivity index is 1.72. The van der Waals surface area contributed by atoms with Crippen LogP contribution in [0.15, 0.2) is 42.5 Å². The van der Waals surface area contributed by atoms with Crippen molar-refractivity contribution < 1.29 is 9.66 Å². The maximum absolute atomic E-state index is 11.6. The van der Waals surface area contributed by atoms with Gasteiger partial charge in [-0.1, -0.05) is 24.3 Å². The molecule has 1 aliphatic carbocycles. The molecular weight excluding hydrogens is 368 g/mol.